The van der Waals surface area contributed by atoms with E-state index in [4.69, 9.17) is 9.47 Å². The molecule has 2 aliphatic heterocycles. The summed E-state index contributed by atoms with van der Waals surface area (Å²) in [5, 5.41) is 0. The summed E-state index contributed by atoms with van der Waals surface area (Å²) in [4.78, 5) is 18.5. The van der Waals surface area contributed by atoms with E-state index in [0.29, 0.717) is 18.9 Å². The van der Waals surface area contributed by atoms with E-state index in [-0.39, 0.29) is 11.6 Å². The Kier molecular flexibility index (Phi) is 4.89. The van der Waals surface area contributed by atoms with Crippen LogP contribution in [0.25, 0.3) is 0 Å². The molecule has 0 aromatic rings. The van der Waals surface area contributed by atoms with Gasteiger partial charge in [-0.15, -0.1) is 0 Å². The summed E-state index contributed by atoms with van der Waals surface area (Å²) in [6.07, 6.45) is 3.68. The van der Waals surface area contributed by atoms with Gasteiger partial charge in [-0.05, 0) is 46.0 Å². The van der Waals surface area contributed by atoms with Gasteiger partial charge in [-0.2, -0.15) is 0 Å². The van der Waals surface area contributed by atoms with Crippen LogP contribution < -0.4 is 0 Å². The fourth-order valence-corrected chi connectivity index (χ4v) is 2.69. The van der Waals surface area contributed by atoms with E-state index in [1.807, 2.05) is 20.8 Å². The Bertz CT molecular complexity index is 374. The molecule has 1 fully saturated rings. The number of rotatable bonds is 2. The number of amidine groups is 1. The molecule has 20 heavy (non-hydrogen) atoms. The highest BCUT2D eigenvalue weighted by Crippen LogP contribution is 2.23. The van der Waals surface area contributed by atoms with Crippen LogP contribution in [-0.4, -0.2) is 48.7 Å². The van der Waals surface area contributed by atoms with Gasteiger partial charge in [0.25, 0.3) is 6.02 Å². The predicted octanol–water partition coefficient (Wildman–Crippen LogP) is 2.21. The Morgan fingerprint density at radius 2 is 2.20 bits per heavy atom. The number of ether oxygens (including phenoxy) is 2. The summed E-state index contributed by atoms with van der Waals surface area (Å²) < 4.78 is 10.9. The van der Waals surface area contributed by atoms with Crippen molar-refractivity contribution < 1.29 is 14.3 Å². The van der Waals surface area contributed by atoms with Gasteiger partial charge in [-0.25, -0.2) is 4.99 Å². The molecule has 0 aromatic heterocycles. The van der Waals surface area contributed by atoms with Gasteiger partial charge in [-0.1, -0.05) is 0 Å². The molecule has 2 rings (SSSR count). The molecule has 1 saturated heterocycles. The SMILES string of the molecule is CC(C)(C)OC(=O)CC1CCCN(C2=NCCO2)CC1. The molecular formula is C15H26N2O3. The van der Waals surface area contributed by atoms with Gasteiger partial charge in [0.1, 0.15) is 12.2 Å². The van der Waals surface area contributed by atoms with E-state index in [0.717, 1.165) is 44.9 Å². The first-order valence-electron chi connectivity index (χ1n) is 7.58. The Labute approximate surface area is 121 Å². The van der Waals surface area contributed by atoms with E-state index < -0.39 is 0 Å². The van der Waals surface area contributed by atoms with Gasteiger partial charge in [0.05, 0.1) is 6.54 Å². The normalized spacial score (nSPS) is 23.9. The second kappa shape index (κ2) is 6.46. The van der Waals surface area contributed by atoms with E-state index in [2.05, 4.69) is 9.89 Å². The number of hydrogen-bond acceptors (Lipinski definition) is 5. The summed E-state index contributed by atoms with van der Waals surface area (Å²) >= 11 is 0. The smallest absolute Gasteiger partial charge is 0.306 e. The third-order valence-corrected chi connectivity index (χ3v) is 3.56. The van der Waals surface area contributed by atoms with Crippen LogP contribution >= 0.6 is 0 Å². The van der Waals surface area contributed by atoms with Crippen molar-refractivity contribution in [3.63, 3.8) is 0 Å². The minimum Gasteiger partial charge on any atom is -0.463 e. The average Bonchev–Trinajstić information content (AvgIpc) is 2.75. The molecule has 5 heteroatoms. The highest BCUT2D eigenvalue weighted by Gasteiger charge is 2.25. The second-order valence-corrected chi connectivity index (χ2v) is 6.59. The maximum absolute atomic E-state index is 11.9. The lowest BCUT2D eigenvalue weighted by atomic mass is 9.97. The van der Waals surface area contributed by atoms with E-state index in [1.165, 1.54) is 0 Å². The maximum atomic E-state index is 11.9. The molecule has 0 bridgehead atoms. The van der Waals surface area contributed by atoms with Crippen molar-refractivity contribution in [2.24, 2.45) is 10.9 Å². The molecular weight excluding hydrogens is 256 g/mol. The van der Waals surface area contributed by atoms with E-state index in [9.17, 15) is 4.79 Å². The summed E-state index contributed by atoms with van der Waals surface area (Å²) in [7, 11) is 0. The number of nitrogens with zero attached hydrogens (tertiary/aromatic N) is 2. The standard InChI is InChI=1S/C15H26N2O3/c1-15(2,3)20-13(18)11-12-5-4-8-17(9-6-12)14-16-7-10-19-14/h12H,4-11H2,1-3H3. The number of aliphatic imine (C=N–C) groups is 1. The minimum atomic E-state index is -0.389. The van der Waals surface area contributed by atoms with Crippen molar-refractivity contribution in [1.29, 1.82) is 0 Å². The number of likely N-dealkylation sites (tertiary alicyclic amines) is 1. The molecule has 1 unspecified atom stereocenters. The molecule has 0 aromatic carbocycles. The van der Waals surface area contributed by atoms with Gasteiger partial charge in [-0.3, -0.25) is 4.79 Å². The maximum Gasteiger partial charge on any atom is 0.306 e. The Hall–Kier alpha value is -1.26. The minimum absolute atomic E-state index is 0.0783. The van der Waals surface area contributed by atoms with Crippen molar-refractivity contribution in [1.82, 2.24) is 4.90 Å². The lowest BCUT2D eigenvalue weighted by Crippen LogP contribution is -2.32. The topological polar surface area (TPSA) is 51.1 Å². The number of esters is 1. The van der Waals surface area contributed by atoms with Crippen molar-refractivity contribution in [2.45, 2.75) is 52.1 Å². The van der Waals surface area contributed by atoms with Gasteiger partial charge in [0.2, 0.25) is 0 Å². The van der Waals surface area contributed by atoms with Crippen LogP contribution in [0.1, 0.15) is 46.5 Å². The largest absolute Gasteiger partial charge is 0.463 e. The monoisotopic (exact) mass is 282 g/mol. The van der Waals surface area contributed by atoms with Gasteiger partial charge in [0.15, 0.2) is 0 Å². The van der Waals surface area contributed by atoms with Crippen molar-refractivity contribution >= 4 is 12.0 Å². The van der Waals surface area contributed by atoms with Crippen LogP contribution in [0.15, 0.2) is 4.99 Å². The third-order valence-electron chi connectivity index (χ3n) is 3.56. The Morgan fingerprint density at radius 1 is 1.40 bits per heavy atom. The average molecular weight is 282 g/mol. The van der Waals surface area contributed by atoms with Crippen LogP contribution in [0.2, 0.25) is 0 Å². The first kappa shape index (κ1) is 15.1. The Morgan fingerprint density at radius 3 is 2.85 bits per heavy atom. The summed E-state index contributed by atoms with van der Waals surface area (Å²) in [5.74, 6) is 0.335. The van der Waals surface area contributed by atoms with Gasteiger partial charge < -0.3 is 14.4 Å². The summed E-state index contributed by atoms with van der Waals surface area (Å²) in [6, 6.07) is 0.794. The first-order valence-corrected chi connectivity index (χ1v) is 7.58. The number of hydrogen-bond donors (Lipinski definition) is 0. The van der Waals surface area contributed by atoms with Crippen molar-refractivity contribution in [2.75, 3.05) is 26.2 Å². The zero-order valence-corrected chi connectivity index (χ0v) is 12.9. The van der Waals surface area contributed by atoms with Crippen LogP contribution in [0.3, 0.4) is 0 Å². The molecule has 2 aliphatic rings. The highest BCUT2D eigenvalue weighted by atomic mass is 16.6. The van der Waals surface area contributed by atoms with Crippen LogP contribution in [0.4, 0.5) is 0 Å². The third kappa shape index (κ3) is 4.69. The predicted molar refractivity (Wildman–Crippen MR) is 77.6 cm³/mol. The lowest BCUT2D eigenvalue weighted by molar-refractivity contribution is -0.156. The van der Waals surface area contributed by atoms with Crippen molar-refractivity contribution in [3.05, 3.63) is 0 Å². The zero-order valence-electron chi connectivity index (χ0n) is 12.9. The molecule has 0 N–H and O–H groups in total. The Balaban J connectivity index is 1.79. The van der Waals surface area contributed by atoms with Gasteiger partial charge in [0, 0.05) is 19.5 Å². The fourth-order valence-electron chi connectivity index (χ4n) is 2.69. The van der Waals surface area contributed by atoms with Crippen molar-refractivity contribution in [3.8, 4) is 0 Å². The van der Waals surface area contributed by atoms with E-state index in [1.54, 1.807) is 0 Å². The molecule has 0 spiro atoms. The molecule has 5 nitrogen and oxygen atoms in total. The van der Waals surface area contributed by atoms with Crippen LogP contribution in [-0.2, 0) is 14.3 Å². The zero-order chi connectivity index (χ0) is 14.6. The molecule has 0 aliphatic carbocycles. The molecule has 0 amide bonds. The number of carbonyl (C=O) groups is 1. The first-order chi connectivity index (χ1) is 9.44. The second-order valence-electron chi connectivity index (χ2n) is 6.59. The number of carbonyl (C=O) groups excluding carboxylic acids is 1. The molecule has 2 heterocycles. The van der Waals surface area contributed by atoms with E-state index >= 15 is 0 Å². The highest BCUT2D eigenvalue weighted by molar-refractivity contribution is 5.75. The molecule has 0 saturated carbocycles. The molecule has 114 valence electrons. The molecule has 1 atom stereocenters. The molecule has 0 radical (unpaired) electrons. The summed E-state index contributed by atoms with van der Waals surface area (Å²) in [6.45, 7) is 9.11. The lowest BCUT2D eigenvalue weighted by Gasteiger charge is -2.22. The fraction of sp³-hybridized carbons (Fsp3) is 0.867. The quantitative estimate of drug-likeness (QED) is 0.729. The van der Waals surface area contributed by atoms with Crippen LogP contribution in [0, 0.1) is 5.92 Å². The summed E-state index contributed by atoms with van der Waals surface area (Å²) in [5.41, 5.74) is -0.389. The van der Waals surface area contributed by atoms with Crippen LogP contribution in [0.5, 0.6) is 0 Å². The van der Waals surface area contributed by atoms with Gasteiger partial charge >= 0.3 is 5.97 Å².